The fourth-order valence-electron chi connectivity index (χ4n) is 3.17. The molecule has 0 saturated heterocycles. The molecule has 136 valence electrons. The van der Waals surface area contributed by atoms with Crippen LogP contribution in [0, 0.1) is 20.8 Å². The zero-order chi connectivity index (χ0) is 19.2. The number of ether oxygens (including phenoxy) is 2. The van der Waals surface area contributed by atoms with Gasteiger partial charge in [0.15, 0.2) is 5.65 Å². The molecule has 2 heterocycles. The zero-order valence-corrected chi connectivity index (χ0v) is 15.9. The van der Waals surface area contributed by atoms with Gasteiger partial charge in [-0.25, -0.2) is 14.8 Å². The third kappa shape index (κ3) is 2.55. The van der Waals surface area contributed by atoms with E-state index in [0.717, 1.165) is 16.8 Å². The number of carbonyl (C=O) groups is 1. The van der Waals surface area contributed by atoms with Crippen LogP contribution in [0.15, 0.2) is 12.1 Å². The molecule has 26 heavy (non-hydrogen) atoms. The molecule has 0 aliphatic carbocycles. The minimum Gasteiger partial charge on any atom is -0.496 e. The lowest BCUT2D eigenvalue weighted by Gasteiger charge is -2.16. The number of aryl methyl sites for hydroxylation is 2. The number of anilines is 1. The highest BCUT2D eigenvalue weighted by Crippen LogP contribution is 2.38. The van der Waals surface area contributed by atoms with Crippen LogP contribution in [0.2, 0.25) is 5.15 Å². The fourth-order valence-corrected chi connectivity index (χ4v) is 3.47. The predicted molar refractivity (Wildman–Crippen MR) is 100 cm³/mol. The Balaban J connectivity index is 2.53. The first kappa shape index (κ1) is 18.0. The van der Waals surface area contributed by atoms with Crippen molar-refractivity contribution in [3.8, 4) is 11.4 Å². The molecule has 0 unspecified atom stereocenters. The van der Waals surface area contributed by atoms with Gasteiger partial charge in [-0.15, -0.1) is 0 Å². The van der Waals surface area contributed by atoms with Gasteiger partial charge >= 0.3 is 5.97 Å². The minimum atomic E-state index is -0.598. The van der Waals surface area contributed by atoms with Crippen molar-refractivity contribution >= 4 is 34.4 Å². The van der Waals surface area contributed by atoms with Gasteiger partial charge in [0, 0.05) is 5.56 Å². The summed E-state index contributed by atoms with van der Waals surface area (Å²) in [6.45, 7) is 5.59. The normalized spacial score (nSPS) is 11.0. The number of nitrogens with two attached hydrogens (primary N) is 1. The van der Waals surface area contributed by atoms with Crippen molar-refractivity contribution in [2.45, 2.75) is 20.8 Å². The molecule has 0 radical (unpaired) electrons. The highest BCUT2D eigenvalue weighted by molar-refractivity contribution is 6.35. The van der Waals surface area contributed by atoms with Gasteiger partial charge in [0.2, 0.25) is 0 Å². The topological polar surface area (TPSA) is 92.3 Å². The first-order valence-electron chi connectivity index (χ1n) is 7.88. The van der Waals surface area contributed by atoms with Crippen molar-refractivity contribution in [1.29, 1.82) is 0 Å². The van der Waals surface area contributed by atoms with Crippen LogP contribution in [0.4, 0.5) is 5.82 Å². The van der Waals surface area contributed by atoms with Crippen LogP contribution in [-0.2, 0) is 4.74 Å². The molecule has 0 spiro atoms. The Hall–Kier alpha value is -2.80. The van der Waals surface area contributed by atoms with E-state index in [2.05, 4.69) is 9.97 Å². The van der Waals surface area contributed by atoms with Crippen molar-refractivity contribution in [2.75, 3.05) is 20.0 Å². The Morgan fingerprint density at radius 2 is 1.88 bits per heavy atom. The largest absolute Gasteiger partial charge is 0.496 e. The molecule has 0 aliphatic rings. The van der Waals surface area contributed by atoms with E-state index in [-0.39, 0.29) is 16.5 Å². The molecule has 0 amide bonds. The second-order valence-corrected chi connectivity index (χ2v) is 6.26. The number of hydrogen-bond donors (Lipinski definition) is 1. The lowest BCUT2D eigenvalue weighted by molar-refractivity contribution is 0.0604. The van der Waals surface area contributed by atoms with Gasteiger partial charge in [-0.3, -0.25) is 4.57 Å². The second kappa shape index (κ2) is 6.49. The maximum atomic E-state index is 12.4. The van der Waals surface area contributed by atoms with Gasteiger partial charge < -0.3 is 15.2 Å². The van der Waals surface area contributed by atoms with Crippen LogP contribution in [0.3, 0.4) is 0 Å². The summed E-state index contributed by atoms with van der Waals surface area (Å²) in [5, 5.41) is 0.514. The minimum absolute atomic E-state index is 0.147. The first-order chi connectivity index (χ1) is 12.3. The summed E-state index contributed by atoms with van der Waals surface area (Å²) in [5.74, 6) is 0.756. The van der Waals surface area contributed by atoms with Gasteiger partial charge in [0.1, 0.15) is 28.1 Å². The second-order valence-electron chi connectivity index (χ2n) is 5.91. The van der Waals surface area contributed by atoms with E-state index < -0.39 is 5.97 Å². The summed E-state index contributed by atoms with van der Waals surface area (Å²) in [5.41, 5.74) is 9.54. The smallest absolute Gasteiger partial charge is 0.342 e. The predicted octanol–water partition coefficient (Wildman–Crippen LogP) is 3.38. The molecule has 0 bridgehead atoms. The summed E-state index contributed by atoms with van der Waals surface area (Å²) in [6, 6.07) is 3.80. The number of hydrogen-bond acceptors (Lipinski definition) is 6. The van der Waals surface area contributed by atoms with Crippen molar-refractivity contribution in [2.24, 2.45) is 0 Å². The first-order valence-corrected chi connectivity index (χ1v) is 8.26. The molecule has 0 saturated carbocycles. The Bertz CT molecular complexity index is 1040. The Labute approximate surface area is 155 Å². The zero-order valence-electron chi connectivity index (χ0n) is 15.2. The number of methoxy groups -OCH3 is 2. The fraction of sp³-hybridized carbons (Fsp3) is 0.278. The Morgan fingerprint density at radius 1 is 1.19 bits per heavy atom. The SMILES string of the molecule is COC(=O)c1c(N)n(-c2c(C)ccc(OC)c2C)c2nc(C)nc(Cl)c12. The Morgan fingerprint density at radius 3 is 2.50 bits per heavy atom. The molecule has 2 N–H and O–H groups in total. The van der Waals surface area contributed by atoms with Gasteiger partial charge in [-0.1, -0.05) is 17.7 Å². The quantitative estimate of drug-likeness (QED) is 0.558. The third-order valence-corrected chi connectivity index (χ3v) is 4.61. The van der Waals surface area contributed by atoms with E-state index in [1.54, 1.807) is 18.6 Å². The average molecular weight is 375 g/mol. The maximum Gasteiger partial charge on any atom is 0.342 e. The Kier molecular flexibility index (Phi) is 4.50. The molecule has 0 aliphatic heterocycles. The molecule has 7 nitrogen and oxygen atoms in total. The third-order valence-electron chi connectivity index (χ3n) is 4.33. The monoisotopic (exact) mass is 374 g/mol. The van der Waals surface area contributed by atoms with Gasteiger partial charge in [0.05, 0.1) is 25.3 Å². The molecule has 3 aromatic rings. The molecule has 3 rings (SSSR count). The molecule has 1 aromatic carbocycles. The number of halogens is 1. The lowest BCUT2D eigenvalue weighted by atomic mass is 10.1. The van der Waals surface area contributed by atoms with Crippen molar-refractivity contribution < 1.29 is 14.3 Å². The van der Waals surface area contributed by atoms with Crippen LogP contribution in [-0.4, -0.2) is 34.7 Å². The summed E-state index contributed by atoms with van der Waals surface area (Å²) >= 11 is 6.33. The number of carbonyl (C=O) groups excluding carboxylic acids is 1. The number of nitrogen functional groups attached to an aromatic ring is 1. The number of benzene rings is 1. The van der Waals surface area contributed by atoms with Crippen molar-refractivity contribution in [3.63, 3.8) is 0 Å². The molecular formula is C18H19ClN4O3. The summed E-state index contributed by atoms with van der Waals surface area (Å²) in [6.07, 6.45) is 0. The van der Waals surface area contributed by atoms with Crippen LogP contribution >= 0.6 is 11.6 Å². The molecule has 0 fully saturated rings. The standard InChI is InChI=1S/C18H19ClN4O3/c1-8-6-7-11(25-4)9(2)14(8)23-16(20)13(18(24)26-5)12-15(19)21-10(3)22-17(12)23/h6-7H,20H2,1-5H3. The van der Waals surface area contributed by atoms with Crippen LogP contribution in [0.5, 0.6) is 5.75 Å². The van der Waals surface area contributed by atoms with E-state index in [0.29, 0.717) is 22.6 Å². The van der Waals surface area contributed by atoms with Crippen molar-refractivity contribution in [1.82, 2.24) is 14.5 Å². The van der Waals surface area contributed by atoms with Gasteiger partial charge in [-0.05, 0) is 32.4 Å². The van der Waals surface area contributed by atoms with E-state index in [1.165, 1.54) is 7.11 Å². The van der Waals surface area contributed by atoms with E-state index in [9.17, 15) is 4.79 Å². The summed E-state index contributed by atoms with van der Waals surface area (Å²) in [4.78, 5) is 21.0. The lowest BCUT2D eigenvalue weighted by Crippen LogP contribution is -2.09. The van der Waals surface area contributed by atoms with E-state index in [1.807, 2.05) is 26.0 Å². The van der Waals surface area contributed by atoms with Crippen molar-refractivity contribution in [3.05, 3.63) is 39.8 Å². The molecule has 8 heteroatoms. The van der Waals surface area contributed by atoms with Crippen LogP contribution < -0.4 is 10.5 Å². The molecular weight excluding hydrogens is 356 g/mol. The number of aromatic nitrogens is 3. The van der Waals surface area contributed by atoms with Gasteiger partial charge in [0.25, 0.3) is 0 Å². The highest BCUT2D eigenvalue weighted by atomic mass is 35.5. The maximum absolute atomic E-state index is 12.4. The highest BCUT2D eigenvalue weighted by Gasteiger charge is 2.28. The number of fused-ring (bicyclic) bond motifs is 1. The number of rotatable bonds is 3. The summed E-state index contributed by atoms with van der Waals surface area (Å²) in [7, 11) is 2.89. The van der Waals surface area contributed by atoms with E-state index >= 15 is 0 Å². The van der Waals surface area contributed by atoms with E-state index in [4.69, 9.17) is 26.8 Å². The van der Waals surface area contributed by atoms with Crippen LogP contribution in [0.1, 0.15) is 27.3 Å². The summed E-state index contributed by atoms with van der Waals surface area (Å²) < 4.78 is 12.0. The molecule has 2 aromatic heterocycles. The average Bonchev–Trinajstić information content (AvgIpc) is 2.87. The number of esters is 1. The van der Waals surface area contributed by atoms with Gasteiger partial charge in [-0.2, -0.15) is 0 Å². The van der Waals surface area contributed by atoms with Crippen LogP contribution in [0.25, 0.3) is 16.7 Å². The molecule has 0 atom stereocenters. The number of nitrogens with zero attached hydrogens (tertiary/aromatic N) is 3.